The van der Waals surface area contributed by atoms with Gasteiger partial charge < -0.3 is 10.4 Å². The van der Waals surface area contributed by atoms with E-state index in [2.05, 4.69) is 25.9 Å². The van der Waals surface area contributed by atoms with Gasteiger partial charge in [-0.2, -0.15) is 5.21 Å². The molecule has 2 aromatic rings. The van der Waals surface area contributed by atoms with Crippen LogP contribution in [0.5, 0.6) is 5.75 Å². The quantitative estimate of drug-likeness (QED) is 0.695. The van der Waals surface area contributed by atoms with E-state index in [1.165, 1.54) is 18.2 Å². The number of phenols is 1. The number of tetrazole rings is 1. The molecule has 84 valence electrons. The summed E-state index contributed by atoms with van der Waals surface area (Å²) in [6.07, 6.45) is 0. The summed E-state index contributed by atoms with van der Waals surface area (Å²) in [5.41, 5.74) is 0.489. The summed E-state index contributed by atoms with van der Waals surface area (Å²) in [6, 6.07) is 3.80. The van der Waals surface area contributed by atoms with E-state index in [0.29, 0.717) is 24.5 Å². The van der Waals surface area contributed by atoms with Crippen molar-refractivity contribution in [2.75, 3.05) is 0 Å². The van der Waals surface area contributed by atoms with Gasteiger partial charge in [-0.3, -0.25) is 0 Å². The highest BCUT2D eigenvalue weighted by Crippen LogP contribution is 2.17. The molecule has 0 saturated carbocycles. The van der Waals surface area contributed by atoms with Crippen LogP contribution in [0.15, 0.2) is 18.2 Å². The first-order valence-corrected chi connectivity index (χ1v) is 4.66. The second-order valence-electron chi connectivity index (χ2n) is 3.20. The summed E-state index contributed by atoms with van der Waals surface area (Å²) in [5, 5.41) is 25.6. The maximum absolute atomic E-state index is 12.9. The number of H-pyrrole nitrogens is 1. The lowest BCUT2D eigenvalue weighted by Gasteiger charge is -2.04. The molecule has 0 bridgehead atoms. The molecule has 1 heterocycles. The molecule has 0 amide bonds. The van der Waals surface area contributed by atoms with Gasteiger partial charge in [-0.15, -0.1) is 10.2 Å². The summed E-state index contributed by atoms with van der Waals surface area (Å²) in [4.78, 5) is 0. The monoisotopic (exact) mass is 223 g/mol. The molecule has 0 aliphatic carbocycles. The van der Waals surface area contributed by atoms with E-state index in [-0.39, 0.29) is 11.6 Å². The van der Waals surface area contributed by atoms with Crippen molar-refractivity contribution in [2.45, 2.75) is 13.1 Å². The van der Waals surface area contributed by atoms with Crippen molar-refractivity contribution in [3.05, 3.63) is 35.4 Å². The average molecular weight is 223 g/mol. The van der Waals surface area contributed by atoms with Crippen molar-refractivity contribution >= 4 is 0 Å². The second-order valence-corrected chi connectivity index (χ2v) is 3.20. The van der Waals surface area contributed by atoms with Gasteiger partial charge in [0, 0.05) is 12.1 Å². The zero-order valence-electron chi connectivity index (χ0n) is 8.31. The summed E-state index contributed by atoms with van der Waals surface area (Å²) in [7, 11) is 0. The molecule has 6 nitrogen and oxygen atoms in total. The number of rotatable bonds is 4. The molecule has 1 aromatic carbocycles. The van der Waals surface area contributed by atoms with E-state index < -0.39 is 0 Å². The first-order valence-electron chi connectivity index (χ1n) is 4.66. The predicted molar refractivity (Wildman–Crippen MR) is 52.8 cm³/mol. The van der Waals surface area contributed by atoms with Gasteiger partial charge in [0.15, 0.2) is 5.82 Å². The predicted octanol–water partition coefficient (Wildman–Crippen LogP) is 0.334. The molecule has 0 saturated heterocycles. The van der Waals surface area contributed by atoms with E-state index in [4.69, 9.17) is 0 Å². The Hall–Kier alpha value is -2.02. The van der Waals surface area contributed by atoms with Crippen molar-refractivity contribution in [3.8, 4) is 5.75 Å². The Balaban J connectivity index is 1.92. The molecular formula is C9H10FN5O. The second kappa shape index (κ2) is 4.67. The largest absolute Gasteiger partial charge is 0.508 e. The van der Waals surface area contributed by atoms with Gasteiger partial charge in [-0.05, 0) is 18.2 Å². The number of aromatic nitrogens is 4. The van der Waals surface area contributed by atoms with Crippen LogP contribution in [0.25, 0.3) is 0 Å². The molecule has 16 heavy (non-hydrogen) atoms. The number of halogens is 1. The van der Waals surface area contributed by atoms with Crippen molar-refractivity contribution in [1.82, 2.24) is 25.9 Å². The number of aromatic hydroxyl groups is 1. The fourth-order valence-corrected chi connectivity index (χ4v) is 1.26. The molecule has 0 aliphatic rings. The van der Waals surface area contributed by atoms with Gasteiger partial charge in [0.1, 0.15) is 11.6 Å². The molecule has 0 aliphatic heterocycles. The van der Waals surface area contributed by atoms with Crippen LogP contribution < -0.4 is 5.32 Å². The third-order valence-electron chi connectivity index (χ3n) is 2.03. The lowest BCUT2D eigenvalue weighted by Crippen LogP contribution is -2.14. The third-order valence-corrected chi connectivity index (χ3v) is 2.03. The Bertz CT molecular complexity index is 459. The minimum atomic E-state index is -0.380. The first-order chi connectivity index (χ1) is 7.75. The summed E-state index contributed by atoms with van der Waals surface area (Å²) >= 11 is 0. The smallest absolute Gasteiger partial charge is 0.188 e. The number of hydrogen-bond donors (Lipinski definition) is 3. The minimum absolute atomic E-state index is 0.0574. The van der Waals surface area contributed by atoms with Gasteiger partial charge >= 0.3 is 0 Å². The zero-order chi connectivity index (χ0) is 11.4. The standard InChI is InChI=1S/C9H10FN5O/c10-7-1-2-8(16)6(3-7)4-11-5-9-12-14-15-13-9/h1-3,11,16H,4-5H2,(H,12,13,14,15). The van der Waals surface area contributed by atoms with Crippen LogP contribution in [0, 0.1) is 5.82 Å². The lowest BCUT2D eigenvalue weighted by atomic mass is 10.2. The van der Waals surface area contributed by atoms with E-state index in [1.54, 1.807) is 0 Å². The van der Waals surface area contributed by atoms with Crippen LogP contribution in [0.3, 0.4) is 0 Å². The number of nitrogens with one attached hydrogen (secondary N) is 2. The third kappa shape index (κ3) is 2.51. The summed E-state index contributed by atoms with van der Waals surface area (Å²) in [5.74, 6) is 0.187. The molecule has 1 aromatic heterocycles. The SMILES string of the molecule is Oc1ccc(F)cc1CNCc1nn[nH]n1. The molecule has 7 heteroatoms. The zero-order valence-corrected chi connectivity index (χ0v) is 8.31. The van der Waals surface area contributed by atoms with Crippen LogP contribution in [0.1, 0.15) is 11.4 Å². The molecule has 0 spiro atoms. The number of nitrogens with zero attached hydrogens (tertiary/aromatic N) is 3. The molecular weight excluding hydrogens is 213 g/mol. The molecule has 2 rings (SSSR count). The molecule has 0 atom stereocenters. The molecule has 3 N–H and O–H groups in total. The van der Waals surface area contributed by atoms with Crippen LogP contribution in [0.4, 0.5) is 4.39 Å². The number of benzene rings is 1. The van der Waals surface area contributed by atoms with Crippen molar-refractivity contribution in [3.63, 3.8) is 0 Å². The maximum Gasteiger partial charge on any atom is 0.188 e. The number of hydrogen-bond acceptors (Lipinski definition) is 5. The Morgan fingerprint density at radius 3 is 3.00 bits per heavy atom. The van der Waals surface area contributed by atoms with Crippen molar-refractivity contribution in [1.29, 1.82) is 0 Å². The fourth-order valence-electron chi connectivity index (χ4n) is 1.26. The van der Waals surface area contributed by atoms with E-state index >= 15 is 0 Å². The van der Waals surface area contributed by atoms with Gasteiger partial charge in [0.05, 0.1) is 6.54 Å². The maximum atomic E-state index is 12.9. The Labute approximate surface area is 90.5 Å². The highest BCUT2D eigenvalue weighted by atomic mass is 19.1. The van der Waals surface area contributed by atoms with Crippen molar-refractivity contribution in [2.24, 2.45) is 0 Å². The molecule has 0 fully saturated rings. The van der Waals surface area contributed by atoms with Gasteiger partial charge in [0.2, 0.25) is 0 Å². The van der Waals surface area contributed by atoms with Crippen molar-refractivity contribution < 1.29 is 9.50 Å². The van der Waals surface area contributed by atoms with E-state index in [1.807, 2.05) is 0 Å². The Morgan fingerprint density at radius 2 is 2.25 bits per heavy atom. The van der Waals surface area contributed by atoms with Gasteiger partial charge in [-0.1, -0.05) is 5.21 Å². The highest BCUT2D eigenvalue weighted by Gasteiger charge is 2.03. The molecule has 0 unspecified atom stereocenters. The normalized spacial score (nSPS) is 10.6. The summed E-state index contributed by atoms with van der Waals surface area (Å²) in [6.45, 7) is 0.727. The van der Waals surface area contributed by atoms with Crippen LogP contribution in [0.2, 0.25) is 0 Å². The number of aromatic amines is 1. The highest BCUT2D eigenvalue weighted by molar-refractivity contribution is 5.32. The first kappa shape index (κ1) is 10.5. The topological polar surface area (TPSA) is 86.7 Å². The lowest BCUT2D eigenvalue weighted by molar-refractivity contribution is 0.461. The van der Waals surface area contributed by atoms with Crippen LogP contribution in [-0.2, 0) is 13.1 Å². The van der Waals surface area contributed by atoms with Crippen LogP contribution in [-0.4, -0.2) is 25.7 Å². The minimum Gasteiger partial charge on any atom is -0.508 e. The van der Waals surface area contributed by atoms with E-state index in [0.717, 1.165) is 0 Å². The molecule has 0 radical (unpaired) electrons. The van der Waals surface area contributed by atoms with Gasteiger partial charge in [-0.25, -0.2) is 4.39 Å². The van der Waals surface area contributed by atoms with E-state index in [9.17, 15) is 9.50 Å². The Kier molecular flexibility index (Phi) is 3.06. The summed E-state index contributed by atoms with van der Waals surface area (Å²) < 4.78 is 12.9. The Morgan fingerprint density at radius 1 is 1.38 bits per heavy atom. The van der Waals surface area contributed by atoms with Gasteiger partial charge in [0.25, 0.3) is 0 Å². The average Bonchev–Trinajstić information content (AvgIpc) is 2.76. The number of phenolic OH excluding ortho intramolecular Hbond substituents is 1. The fraction of sp³-hybridized carbons (Fsp3) is 0.222. The van der Waals surface area contributed by atoms with Crippen LogP contribution >= 0.6 is 0 Å².